The van der Waals surface area contributed by atoms with Crippen molar-refractivity contribution in [3.63, 3.8) is 0 Å². The number of imide groups is 1. The van der Waals surface area contributed by atoms with Gasteiger partial charge >= 0.3 is 0 Å². The minimum atomic E-state index is -0.829. The molecule has 0 aliphatic carbocycles. The zero-order valence-electron chi connectivity index (χ0n) is 21.0. The molecule has 3 aliphatic heterocycles. The summed E-state index contributed by atoms with van der Waals surface area (Å²) in [5.41, 5.74) is 0.331. The summed E-state index contributed by atoms with van der Waals surface area (Å²) >= 11 is 0. The van der Waals surface area contributed by atoms with Gasteiger partial charge in [-0.05, 0) is 55.3 Å². The second kappa shape index (κ2) is 8.19. The number of ether oxygens (including phenoxy) is 2. The molecule has 3 aromatic carbocycles. The van der Waals surface area contributed by atoms with Gasteiger partial charge < -0.3 is 9.47 Å². The standard InChI is InChI=1S/C29H23N5O5/c1-28-10-11-29(39-28,12-13-38-25-20-8-7-17(33-37)14-21(20)31-32-25)24-23(28)26(35)34(27(24)36)22-9-6-16(15-30)18-4-2-3-5-19(18)22/h2-9,14,23-24H,10-13H2,1H3,(H,31,32)/t23-,24+,28?,29?/m1/s1. The van der Waals surface area contributed by atoms with Crippen molar-refractivity contribution in [2.45, 2.75) is 37.4 Å². The van der Waals surface area contributed by atoms with Crippen molar-refractivity contribution in [1.82, 2.24) is 10.2 Å². The molecule has 2 amide bonds. The molecular formula is C29H23N5O5. The molecule has 0 saturated carbocycles. The Morgan fingerprint density at radius 3 is 2.69 bits per heavy atom. The summed E-state index contributed by atoms with van der Waals surface area (Å²) < 4.78 is 12.5. The van der Waals surface area contributed by atoms with Gasteiger partial charge in [0.25, 0.3) is 0 Å². The van der Waals surface area contributed by atoms with Gasteiger partial charge in [-0.2, -0.15) is 5.26 Å². The predicted molar refractivity (Wildman–Crippen MR) is 141 cm³/mol. The van der Waals surface area contributed by atoms with E-state index in [2.05, 4.69) is 21.4 Å². The summed E-state index contributed by atoms with van der Waals surface area (Å²) in [6.07, 6.45) is 1.72. The minimum Gasteiger partial charge on any atom is -0.476 e. The molecule has 4 aromatic rings. The molecule has 3 aliphatic rings. The second-order valence-electron chi connectivity index (χ2n) is 10.7. The maximum Gasteiger partial charge on any atom is 0.240 e. The number of fused-ring (bicyclic) bond motifs is 7. The third-order valence-corrected chi connectivity index (χ3v) is 8.66. The smallest absolute Gasteiger partial charge is 0.240 e. The Morgan fingerprint density at radius 2 is 1.90 bits per heavy atom. The van der Waals surface area contributed by atoms with Gasteiger partial charge in [0.2, 0.25) is 17.7 Å². The number of aromatic nitrogens is 2. The first-order chi connectivity index (χ1) is 18.9. The number of benzene rings is 3. The monoisotopic (exact) mass is 521 g/mol. The number of nitroso groups, excluding NO2 is 1. The van der Waals surface area contributed by atoms with Gasteiger partial charge in [0, 0.05) is 17.2 Å². The fraction of sp³-hybridized carbons (Fsp3) is 0.310. The molecule has 1 aromatic heterocycles. The lowest BCUT2D eigenvalue weighted by molar-refractivity contribution is -0.131. The van der Waals surface area contributed by atoms with E-state index >= 15 is 0 Å². The predicted octanol–water partition coefficient (Wildman–Crippen LogP) is 4.88. The average molecular weight is 522 g/mol. The first-order valence-corrected chi connectivity index (χ1v) is 12.8. The molecule has 10 nitrogen and oxygen atoms in total. The van der Waals surface area contributed by atoms with Crippen molar-refractivity contribution in [3.8, 4) is 11.9 Å². The fourth-order valence-electron chi connectivity index (χ4n) is 6.89. The third-order valence-electron chi connectivity index (χ3n) is 8.66. The van der Waals surface area contributed by atoms with Crippen LogP contribution in [0.1, 0.15) is 31.7 Å². The molecule has 3 saturated heterocycles. The van der Waals surface area contributed by atoms with Crippen LogP contribution in [0.25, 0.3) is 21.7 Å². The number of nitrogens with zero attached hydrogens (tertiary/aromatic N) is 4. The van der Waals surface area contributed by atoms with Crippen LogP contribution in [0.2, 0.25) is 0 Å². The van der Waals surface area contributed by atoms with Crippen LogP contribution in [0, 0.1) is 28.1 Å². The number of hydrogen-bond acceptors (Lipinski definition) is 8. The van der Waals surface area contributed by atoms with E-state index in [4.69, 9.17) is 9.47 Å². The lowest BCUT2D eigenvalue weighted by Gasteiger charge is -2.31. The van der Waals surface area contributed by atoms with E-state index in [-0.39, 0.29) is 24.1 Å². The number of carbonyl (C=O) groups excluding carboxylic acids is 2. The Morgan fingerprint density at radius 1 is 1.10 bits per heavy atom. The molecule has 7 rings (SSSR count). The first-order valence-electron chi connectivity index (χ1n) is 12.8. The van der Waals surface area contributed by atoms with Crippen molar-refractivity contribution < 1.29 is 19.1 Å². The average Bonchev–Trinajstić information content (AvgIpc) is 3.66. The normalized spacial score (nSPS) is 27.3. The quantitative estimate of drug-likeness (QED) is 0.282. The molecule has 39 heavy (non-hydrogen) atoms. The molecule has 3 fully saturated rings. The van der Waals surface area contributed by atoms with Crippen LogP contribution >= 0.6 is 0 Å². The highest BCUT2D eigenvalue weighted by atomic mass is 16.5. The molecule has 4 atom stereocenters. The van der Waals surface area contributed by atoms with Crippen molar-refractivity contribution in [1.29, 1.82) is 5.26 Å². The van der Waals surface area contributed by atoms with Gasteiger partial charge in [0.1, 0.15) is 5.69 Å². The minimum absolute atomic E-state index is 0.230. The number of H-pyrrole nitrogens is 1. The Kier molecular flexibility index (Phi) is 4.93. The van der Waals surface area contributed by atoms with Crippen LogP contribution in [0.4, 0.5) is 11.4 Å². The molecular weight excluding hydrogens is 498 g/mol. The van der Waals surface area contributed by atoms with E-state index in [1.54, 1.807) is 30.3 Å². The zero-order valence-corrected chi connectivity index (χ0v) is 21.0. The first kappa shape index (κ1) is 23.5. The number of aromatic amines is 1. The number of carbonyl (C=O) groups is 2. The number of hydrogen-bond donors (Lipinski definition) is 1. The van der Waals surface area contributed by atoms with E-state index in [1.807, 2.05) is 31.2 Å². The van der Waals surface area contributed by atoms with E-state index < -0.39 is 23.0 Å². The van der Waals surface area contributed by atoms with Crippen molar-refractivity contribution in [3.05, 3.63) is 65.1 Å². The summed E-state index contributed by atoms with van der Waals surface area (Å²) in [6.45, 7) is 2.15. The molecule has 10 heteroatoms. The van der Waals surface area contributed by atoms with E-state index in [0.717, 1.165) is 0 Å². The molecule has 2 bridgehead atoms. The van der Waals surface area contributed by atoms with Crippen molar-refractivity contribution in [2.24, 2.45) is 17.0 Å². The number of amides is 2. The van der Waals surface area contributed by atoms with Crippen molar-refractivity contribution >= 4 is 44.9 Å². The highest BCUT2D eigenvalue weighted by molar-refractivity contribution is 6.26. The van der Waals surface area contributed by atoms with Gasteiger partial charge in [-0.1, -0.05) is 24.3 Å². The van der Waals surface area contributed by atoms with E-state index in [0.29, 0.717) is 58.1 Å². The fourth-order valence-corrected chi connectivity index (χ4v) is 6.89. The summed E-state index contributed by atoms with van der Waals surface area (Å²) in [7, 11) is 0. The molecule has 2 unspecified atom stereocenters. The Bertz CT molecular complexity index is 1760. The molecule has 0 spiro atoms. The Labute approximate surface area is 222 Å². The molecule has 0 radical (unpaired) electrons. The molecule has 4 heterocycles. The van der Waals surface area contributed by atoms with Crippen LogP contribution in [-0.2, 0) is 14.3 Å². The van der Waals surface area contributed by atoms with Crippen LogP contribution in [-0.4, -0.2) is 39.8 Å². The highest BCUT2D eigenvalue weighted by Crippen LogP contribution is 2.62. The van der Waals surface area contributed by atoms with Gasteiger partial charge in [0.15, 0.2) is 0 Å². The van der Waals surface area contributed by atoms with E-state index in [9.17, 15) is 19.8 Å². The Hall–Kier alpha value is -4.62. The summed E-state index contributed by atoms with van der Waals surface area (Å²) in [5, 5.41) is 21.7. The molecule has 1 N–H and O–H groups in total. The van der Waals surface area contributed by atoms with Gasteiger partial charge in [-0.3, -0.25) is 14.7 Å². The highest BCUT2D eigenvalue weighted by Gasteiger charge is 2.73. The second-order valence-corrected chi connectivity index (χ2v) is 10.7. The Balaban J connectivity index is 1.19. The summed E-state index contributed by atoms with van der Waals surface area (Å²) in [5.74, 6) is -1.37. The SMILES string of the molecule is CC12CCC(CCOc3n[nH]c4cc(N=O)ccc34)(O1)[C@@H]1C(=O)N(c3ccc(C#N)c4ccccc34)C(=O)[C@@H]12. The lowest BCUT2D eigenvalue weighted by atomic mass is 9.67. The molecule has 194 valence electrons. The van der Waals surface area contributed by atoms with Crippen LogP contribution in [0.5, 0.6) is 5.88 Å². The lowest BCUT2D eigenvalue weighted by Crippen LogP contribution is -2.43. The van der Waals surface area contributed by atoms with Gasteiger partial charge in [0.05, 0.1) is 57.9 Å². The van der Waals surface area contributed by atoms with Crippen LogP contribution in [0.15, 0.2) is 59.8 Å². The largest absolute Gasteiger partial charge is 0.476 e. The summed E-state index contributed by atoms with van der Waals surface area (Å²) in [4.78, 5) is 40.0. The van der Waals surface area contributed by atoms with E-state index in [1.165, 1.54) is 4.90 Å². The van der Waals surface area contributed by atoms with Gasteiger partial charge in [-0.25, -0.2) is 4.90 Å². The number of nitrogens with one attached hydrogen (secondary N) is 1. The number of anilines is 1. The maximum atomic E-state index is 14.0. The topological polar surface area (TPSA) is 138 Å². The maximum absolute atomic E-state index is 14.0. The summed E-state index contributed by atoms with van der Waals surface area (Å²) in [6, 6.07) is 17.8. The van der Waals surface area contributed by atoms with Gasteiger partial charge in [-0.15, -0.1) is 10.0 Å². The number of rotatable bonds is 6. The zero-order chi connectivity index (χ0) is 26.9. The third kappa shape index (κ3) is 3.20. The van der Waals surface area contributed by atoms with Crippen LogP contribution < -0.4 is 9.64 Å². The number of nitriles is 1. The van der Waals surface area contributed by atoms with Crippen molar-refractivity contribution in [2.75, 3.05) is 11.5 Å². The van der Waals surface area contributed by atoms with Crippen LogP contribution in [0.3, 0.4) is 0 Å².